The molecule has 0 aliphatic carbocycles. The maximum absolute atomic E-state index is 10.8. The van der Waals surface area contributed by atoms with E-state index in [1.165, 1.54) is 0 Å². The standard InChI is InChI=1S/C12H19NO4S/c1-4-13(7-8-18(14,15)16)11-9-10(2)5-6-12(11)17-3/h5-6,9H,4,7-8H2,1-3H3,(H,14,15,16). The SMILES string of the molecule is CCN(CCS(=O)(=O)O)c1cc(C)ccc1OC. The van der Waals surface area contributed by atoms with Gasteiger partial charge in [0.15, 0.2) is 0 Å². The maximum Gasteiger partial charge on any atom is 0.266 e. The molecule has 0 saturated carbocycles. The number of anilines is 1. The third kappa shape index (κ3) is 4.19. The van der Waals surface area contributed by atoms with Crippen molar-refractivity contribution in [3.05, 3.63) is 23.8 Å². The number of hydrogen-bond donors (Lipinski definition) is 1. The number of benzene rings is 1. The molecule has 102 valence electrons. The first kappa shape index (κ1) is 14.8. The molecule has 0 saturated heterocycles. The fourth-order valence-corrected chi connectivity index (χ4v) is 2.17. The van der Waals surface area contributed by atoms with Gasteiger partial charge in [0.05, 0.1) is 18.6 Å². The average molecular weight is 273 g/mol. The first-order valence-electron chi connectivity index (χ1n) is 5.72. The summed E-state index contributed by atoms with van der Waals surface area (Å²) in [7, 11) is -2.38. The molecule has 1 rings (SSSR count). The van der Waals surface area contributed by atoms with E-state index in [0.29, 0.717) is 12.3 Å². The topological polar surface area (TPSA) is 66.8 Å². The van der Waals surface area contributed by atoms with Crippen LogP contribution in [0.15, 0.2) is 18.2 Å². The van der Waals surface area contributed by atoms with E-state index in [1.54, 1.807) is 7.11 Å². The number of rotatable bonds is 6. The van der Waals surface area contributed by atoms with Gasteiger partial charge in [-0.2, -0.15) is 8.42 Å². The van der Waals surface area contributed by atoms with Crippen LogP contribution in [0.2, 0.25) is 0 Å². The molecule has 1 aromatic carbocycles. The fraction of sp³-hybridized carbons (Fsp3) is 0.500. The van der Waals surface area contributed by atoms with Crippen LogP contribution in [0.5, 0.6) is 5.75 Å². The highest BCUT2D eigenvalue weighted by atomic mass is 32.2. The first-order valence-corrected chi connectivity index (χ1v) is 7.33. The maximum atomic E-state index is 10.8. The van der Waals surface area contributed by atoms with E-state index in [-0.39, 0.29) is 12.3 Å². The lowest BCUT2D eigenvalue weighted by molar-refractivity contribution is 0.414. The van der Waals surface area contributed by atoms with Gasteiger partial charge in [-0.15, -0.1) is 0 Å². The minimum Gasteiger partial charge on any atom is -0.495 e. The van der Waals surface area contributed by atoms with Crippen molar-refractivity contribution in [3.63, 3.8) is 0 Å². The van der Waals surface area contributed by atoms with Crippen LogP contribution in [0.1, 0.15) is 12.5 Å². The van der Waals surface area contributed by atoms with Gasteiger partial charge in [0, 0.05) is 13.1 Å². The van der Waals surface area contributed by atoms with Crippen LogP contribution in [0, 0.1) is 6.92 Å². The molecule has 0 atom stereocenters. The Balaban J connectivity index is 2.97. The summed E-state index contributed by atoms with van der Waals surface area (Å²) in [4.78, 5) is 1.86. The molecule has 0 bridgehead atoms. The van der Waals surface area contributed by atoms with E-state index in [2.05, 4.69) is 0 Å². The Morgan fingerprint density at radius 3 is 2.56 bits per heavy atom. The number of hydrogen-bond acceptors (Lipinski definition) is 4. The highest BCUT2D eigenvalue weighted by Gasteiger charge is 2.14. The Bertz CT molecular complexity index is 499. The van der Waals surface area contributed by atoms with Crippen molar-refractivity contribution in [2.45, 2.75) is 13.8 Å². The average Bonchev–Trinajstić information content (AvgIpc) is 2.28. The van der Waals surface area contributed by atoms with Gasteiger partial charge in [-0.3, -0.25) is 4.55 Å². The van der Waals surface area contributed by atoms with Crippen LogP contribution in [-0.2, 0) is 10.1 Å². The summed E-state index contributed by atoms with van der Waals surface area (Å²) < 4.78 is 35.7. The fourth-order valence-electron chi connectivity index (χ4n) is 1.72. The lowest BCUT2D eigenvalue weighted by atomic mass is 10.2. The van der Waals surface area contributed by atoms with Gasteiger partial charge in [0.1, 0.15) is 5.75 Å². The van der Waals surface area contributed by atoms with E-state index in [0.717, 1.165) is 11.3 Å². The molecule has 0 unspecified atom stereocenters. The highest BCUT2D eigenvalue weighted by Crippen LogP contribution is 2.29. The number of methoxy groups -OCH3 is 1. The smallest absolute Gasteiger partial charge is 0.266 e. The molecule has 6 heteroatoms. The molecule has 0 heterocycles. The third-order valence-electron chi connectivity index (χ3n) is 2.68. The monoisotopic (exact) mass is 273 g/mol. The Labute approximate surface area is 108 Å². The van der Waals surface area contributed by atoms with Crippen LogP contribution in [0.4, 0.5) is 5.69 Å². The molecule has 0 aliphatic heterocycles. The summed E-state index contributed by atoms with van der Waals surface area (Å²) >= 11 is 0. The molecule has 1 aromatic rings. The highest BCUT2D eigenvalue weighted by molar-refractivity contribution is 7.85. The zero-order valence-corrected chi connectivity index (χ0v) is 11.7. The number of aryl methyl sites for hydroxylation is 1. The van der Waals surface area contributed by atoms with E-state index in [1.807, 2.05) is 36.9 Å². The summed E-state index contributed by atoms with van der Waals surface area (Å²) in [6.45, 7) is 4.75. The number of ether oxygens (including phenoxy) is 1. The molecular weight excluding hydrogens is 254 g/mol. The molecule has 1 N–H and O–H groups in total. The summed E-state index contributed by atoms with van der Waals surface area (Å²) in [6.07, 6.45) is 0. The molecular formula is C12H19NO4S. The van der Waals surface area contributed by atoms with Gasteiger partial charge in [-0.1, -0.05) is 6.07 Å². The van der Waals surface area contributed by atoms with Gasteiger partial charge >= 0.3 is 0 Å². The molecule has 5 nitrogen and oxygen atoms in total. The van der Waals surface area contributed by atoms with Crippen molar-refractivity contribution in [3.8, 4) is 5.75 Å². The largest absolute Gasteiger partial charge is 0.495 e. The summed E-state index contributed by atoms with van der Waals surface area (Å²) in [5.41, 5.74) is 1.90. The van der Waals surface area contributed by atoms with Gasteiger partial charge in [0.25, 0.3) is 10.1 Å². The zero-order chi connectivity index (χ0) is 13.8. The second-order valence-corrected chi connectivity index (χ2v) is 5.61. The van der Waals surface area contributed by atoms with E-state index >= 15 is 0 Å². The van der Waals surface area contributed by atoms with Crippen molar-refractivity contribution >= 4 is 15.8 Å². The second-order valence-electron chi connectivity index (χ2n) is 4.04. The summed E-state index contributed by atoms with van der Waals surface area (Å²) in [5.74, 6) is 0.399. The van der Waals surface area contributed by atoms with Crippen LogP contribution in [0.3, 0.4) is 0 Å². The van der Waals surface area contributed by atoms with Crippen LogP contribution < -0.4 is 9.64 Å². The predicted octanol–water partition coefficient (Wildman–Crippen LogP) is 1.72. The Kier molecular flexibility index (Phi) is 4.98. The number of nitrogens with zero attached hydrogens (tertiary/aromatic N) is 1. The minimum absolute atomic E-state index is 0.231. The molecule has 0 amide bonds. The molecule has 0 aliphatic rings. The van der Waals surface area contributed by atoms with Gasteiger partial charge in [0.2, 0.25) is 0 Å². The van der Waals surface area contributed by atoms with Crippen LogP contribution in [-0.4, -0.2) is 38.9 Å². The van der Waals surface area contributed by atoms with Gasteiger partial charge in [-0.05, 0) is 31.5 Å². The van der Waals surface area contributed by atoms with E-state index in [4.69, 9.17) is 9.29 Å². The van der Waals surface area contributed by atoms with Crippen molar-refractivity contribution < 1.29 is 17.7 Å². The molecule has 0 aromatic heterocycles. The van der Waals surface area contributed by atoms with Crippen molar-refractivity contribution in [2.24, 2.45) is 0 Å². The Hall–Kier alpha value is -1.27. The molecule has 0 fully saturated rings. The van der Waals surface area contributed by atoms with Crippen LogP contribution >= 0.6 is 0 Å². The van der Waals surface area contributed by atoms with Crippen molar-refractivity contribution in [2.75, 3.05) is 30.9 Å². The zero-order valence-electron chi connectivity index (χ0n) is 10.9. The first-order chi connectivity index (χ1) is 8.37. The summed E-state index contributed by atoms with van der Waals surface area (Å²) in [5, 5.41) is 0. The normalized spacial score (nSPS) is 11.3. The third-order valence-corrected chi connectivity index (χ3v) is 3.37. The van der Waals surface area contributed by atoms with Crippen molar-refractivity contribution in [1.82, 2.24) is 0 Å². The minimum atomic E-state index is -3.95. The van der Waals surface area contributed by atoms with Gasteiger partial charge in [-0.25, -0.2) is 0 Å². The van der Waals surface area contributed by atoms with Gasteiger partial charge < -0.3 is 9.64 Å². The molecule has 18 heavy (non-hydrogen) atoms. The molecule has 0 spiro atoms. The van der Waals surface area contributed by atoms with E-state index in [9.17, 15) is 8.42 Å². The quantitative estimate of drug-likeness (QED) is 0.799. The lowest BCUT2D eigenvalue weighted by Crippen LogP contribution is -2.29. The Morgan fingerprint density at radius 1 is 1.39 bits per heavy atom. The van der Waals surface area contributed by atoms with Crippen LogP contribution in [0.25, 0.3) is 0 Å². The second kappa shape index (κ2) is 6.06. The van der Waals surface area contributed by atoms with Crippen molar-refractivity contribution in [1.29, 1.82) is 0 Å². The molecule has 0 radical (unpaired) electrons. The summed E-state index contributed by atoms with van der Waals surface area (Å²) in [6, 6.07) is 5.71. The van der Waals surface area contributed by atoms with E-state index < -0.39 is 10.1 Å². The predicted molar refractivity (Wildman–Crippen MR) is 72.0 cm³/mol. The Morgan fingerprint density at radius 2 is 2.06 bits per heavy atom. The lowest BCUT2D eigenvalue weighted by Gasteiger charge is -2.24.